The van der Waals surface area contributed by atoms with Crippen LogP contribution < -0.4 is 0 Å². The zero-order valence-electron chi connectivity index (χ0n) is 49.2. The van der Waals surface area contributed by atoms with Gasteiger partial charge < -0.3 is 199 Å². The molecule has 40 nitrogen and oxygen atoms in total. The number of aliphatic hydroxyl groups is 25. The van der Waals surface area contributed by atoms with Gasteiger partial charge in [-0.15, -0.1) is 0 Å². The van der Waals surface area contributed by atoms with Gasteiger partial charge in [0.15, 0.2) is 44.0 Å². The molecule has 8 rings (SSSR count). The molecule has 8 saturated heterocycles. The van der Waals surface area contributed by atoms with E-state index in [0.717, 1.165) is 0 Å². The zero-order valence-corrected chi connectivity index (χ0v) is 49.2. The van der Waals surface area contributed by atoms with Crippen molar-refractivity contribution in [1.82, 2.24) is 0 Å². The summed E-state index contributed by atoms with van der Waals surface area (Å²) in [4.78, 5) is 0. The van der Waals surface area contributed by atoms with Gasteiger partial charge in [-0.05, 0) is 6.42 Å². The SMILES string of the molecule is CCCC[C@H]1O[C@H](CO[C@H]2O[C@H](CO[C@H]3O[C@H](CO)[C@@H](O)[C@H](O)[C@@H]3O[C@H]3O[C@H](CO)[C@@H](O)[C@H](O)[C@@H]3O)[C@@H](O)[C@H](O[C@H]3O[C@H](CO)[C@@H](O)[C@H](O)[C@@H]3O)[C@@H]2O)[C@@H](O)[C@H](O[C@H]2O[C@H](CO)[C@@H](O)[C@H](O)[C@@H]2O[C@H]2O[C@H](CO)[C@@H](O)[C@H](O)[C@@H]2O[C@H]2O[C@H](CO)[C@@H](O)[C@H](O)[C@@H]2O)[C@@H]1O. The quantitative estimate of drug-likeness (QED) is 0.0404. The molecule has 538 valence electrons. The molecule has 0 aromatic heterocycles. The first-order valence-corrected chi connectivity index (χ1v) is 30.0. The molecule has 0 spiro atoms. The zero-order chi connectivity index (χ0) is 67.5. The van der Waals surface area contributed by atoms with Gasteiger partial charge in [0.2, 0.25) is 0 Å². The van der Waals surface area contributed by atoms with E-state index in [4.69, 9.17) is 71.1 Å². The summed E-state index contributed by atoms with van der Waals surface area (Å²) in [6.45, 7) is -5.91. The Labute approximate surface area is 522 Å². The molecule has 8 fully saturated rings. The Bertz CT molecular complexity index is 2180. The van der Waals surface area contributed by atoms with Crippen molar-refractivity contribution >= 4 is 0 Å². The topological polar surface area (TPSA) is 644 Å². The van der Waals surface area contributed by atoms with Crippen LogP contribution in [0.1, 0.15) is 26.2 Å². The Morgan fingerprint density at radius 1 is 0.228 bits per heavy atom. The summed E-state index contributed by atoms with van der Waals surface area (Å²) in [5.74, 6) is 0. The van der Waals surface area contributed by atoms with Crippen molar-refractivity contribution in [2.45, 2.75) is 272 Å². The molecule has 8 aliphatic heterocycles. The highest BCUT2D eigenvalue weighted by molar-refractivity contribution is 5.01. The largest absolute Gasteiger partial charge is 0.394 e. The summed E-state index contributed by atoms with van der Waals surface area (Å²) in [5.41, 5.74) is 0. The minimum atomic E-state index is -2.23. The number of hydrogen-bond acceptors (Lipinski definition) is 40. The molecule has 0 aromatic carbocycles. The predicted octanol–water partition coefficient (Wildman–Crippen LogP) is -16.2. The molecule has 0 saturated carbocycles. The van der Waals surface area contributed by atoms with Crippen molar-refractivity contribution in [3.63, 3.8) is 0 Å². The van der Waals surface area contributed by atoms with Crippen LogP contribution >= 0.6 is 0 Å². The highest BCUT2D eigenvalue weighted by Crippen LogP contribution is 2.38. The maximum atomic E-state index is 12.2. The van der Waals surface area contributed by atoms with Gasteiger partial charge in [-0.1, -0.05) is 19.8 Å². The number of ether oxygens (including phenoxy) is 15. The van der Waals surface area contributed by atoms with E-state index in [1.54, 1.807) is 6.92 Å². The Kier molecular flexibility index (Phi) is 27.7. The fourth-order valence-electron chi connectivity index (χ4n) is 11.9. The van der Waals surface area contributed by atoms with Crippen molar-refractivity contribution in [2.24, 2.45) is 0 Å². The highest BCUT2D eigenvalue weighted by Gasteiger charge is 2.59. The summed E-state index contributed by atoms with van der Waals surface area (Å²) in [6, 6.07) is 0. The summed E-state index contributed by atoms with van der Waals surface area (Å²) < 4.78 is 87.2. The van der Waals surface area contributed by atoms with Gasteiger partial charge in [0.25, 0.3) is 0 Å². The fourth-order valence-corrected chi connectivity index (χ4v) is 11.9. The lowest BCUT2D eigenvalue weighted by Crippen LogP contribution is -2.68. The smallest absolute Gasteiger partial charge is 0.187 e. The molecular weight excluding hydrogens is 1260 g/mol. The van der Waals surface area contributed by atoms with Gasteiger partial charge in [-0.2, -0.15) is 0 Å². The van der Waals surface area contributed by atoms with E-state index in [1.165, 1.54) is 0 Å². The molecule has 0 radical (unpaired) electrons. The van der Waals surface area contributed by atoms with Gasteiger partial charge in [-0.25, -0.2) is 0 Å². The molecule has 8 aliphatic rings. The van der Waals surface area contributed by atoms with Crippen LogP contribution in [0.4, 0.5) is 0 Å². The third-order valence-electron chi connectivity index (χ3n) is 17.6. The molecule has 0 unspecified atom stereocenters. The second-order valence-corrected chi connectivity index (χ2v) is 23.7. The molecular formula is C52H90O40. The van der Waals surface area contributed by atoms with Crippen LogP contribution in [0.2, 0.25) is 0 Å². The highest BCUT2D eigenvalue weighted by atomic mass is 16.8. The van der Waals surface area contributed by atoms with Crippen LogP contribution in [-0.4, -0.2) is 426 Å². The average Bonchev–Trinajstić information content (AvgIpc) is 0.830. The van der Waals surface area contributed by atoms with Gasteiger partial charge >= 0.3 is 0 Å². The van der Waals surface area contributed by atoms with Gasteiger partial charge in [0, 0.05) is 0 Å². The Morgan fingerprint density at radius 3 is 0.859 bits per heavy atom. The van der Waals surface area contributed by atoms with Crippen molar-refractivity contribution in [3.05, 3.63) is 0 Å². The number of rotatable bonds is 25. The normalized spacial score (nSPS) is 52.2. The van der Waals surface area contributed by atoms with Crippen LogP contribution in [0.5, 0.6) is 0 Å². The van der Waals surface area contributed by atoms with E-state index in [2.05, 4.69) is 0 Å². The monoisotopic (exact) mass is 1350 g/mol. The molecule has 0 aliphatic carbocycles. The Balaban J connectivity index is 1.05. The van der Waals surface area contributed by atoms with Crippen LogP contribution in [-0.2, 0) is 71.1 Å². The number of aliphatic hydroxyl groups excluding tert-OH is 25. The number of hydrogen-bond donors (Lipinski definition) is 25. The van der Waals surface area contributed by atoms with E-state index in [1.807, 2.05) is 0 Å². The number of unbranched alkanes of at least 4 members (excludes halogenated alkanes) is 1. The van der Waals surface area contributed by atoms with Crippen molar-refractivity contribution in [2.75, 3.05) is 52.9 Å². The van der Waals surface area contributed by atoms with Crippen LogP contribution in [0.25, 0.3) is 0 Å². The predicted molar refractivity (Wildman–Crippen MR) is 282 cm³/mol. The molecule has 92 heavy (non-hydrogen) atoms. The van der Waals surface area contributed by atoms with Gasteiger partial charge in [0.1, 0.15) is 195 Å². The van der Waals surface area contributed by atoms with Gasteiger partial charge in [-0.3, -0.25) is 0 Å². The first kappa shape index (κ1) is 76.2. The molecule has 8 heterocycles. The fraction of sp³-hybridized carbons (Fsp3) is 1.00. The second kappa shape index (κ2) is 33.5. The maximum absolute atomic E-state index is 12.2. The first-order chi connectivity index (χ1) is 43.7. The third-order valence-corrected chi connectivity index (χ3v) is 17.6. The summed E-state index contributed by atoms with van der Waals surface area (Å²) >= 11 is 0. The molecule has 40 atom stereocenters. The van der Waals surface area contributed by atoms with E-state index in [9.17, 15) is 128 Å². The molecule has 0 aromatic rings. The van der Waals surface area contributed by atoms with Crippen LogP contribution in [0.15, 0.2) is 0 Å². The van der Waals surface area contributed by atoms with E-state index in [-0.39, 0.29) is 6.42 Å². The molecule has 25 N–H and O–H groups in total. The average molecular weight is 1360 g/mol. The standard InChI is InChI=1S/C52H90O40/c1-2-3-4-13-28(65)41(89-51-45(36(73)27(64)18(9-57)85-51)92-52-44(35(72)26(63)19(10-58)86-52)91-49-39(76)33(70)24(61)16(7-55)83-49)29(66)20(80-13)11-78-46-40(77)42(88-47-37(74)31(68)22(59)14(5-53)81-47)30(67)21(87-46)12-79-50-43(34(71)25(62)17(8-56)84-50)90-48-38(75)32(69)23(60)15(6-54)82-48/h13-77H,2-12H2,1H3/t13-,14-,15-,16-,17-,18-,19-,20-,21-,22-,23-,24-,25-,26-,27-,28-,29-,30-,31+,32+,33+,34+,35+,36+,37+,38+,39+,40+,41-,42+,43+,44+,45+,46+,47-,48-,49-,50+,51-,52-/m1/s1. The summed E-state index contributed by atoms with van der Waals surface area (Å²) in [5, 5.41) is 270. The first-order valence-electron chi connectivity index (χ1n) is 30.0. The van der Waals surface area contributed by atoms with E-state index >= 15 is 0 Å². The summed E-state index contributed by atoms with van der Waals surface area (Å²) in [7, 11) is 0. The molecule has 40 heteroatoms. The minimum Gasteiger partial charge on any atom is -0.394 e. The molecule has 0 bridgehead atoms. The lowest BCUT2D eigenvalue weighted by Gasteiger charge is -2.50. The Hall–Kier alpha value is -1.60. The lowest BCUT2D eigenvalue weighted by molar-refractivity contribution is -0.401. The second-order valence-electron chi connectivity index (χ2n) is 23.7. The van der Waals surface area contributed by atoms with E-state index < -0.39 is 298 Å². The molecule has 0 amide bonds. The van der Waals surface area contributed by atoms with E-state index in [0.29, 0.717) is 12.8 Å². The van der Waals surface area contributed by atoms with Crippen molar-refractivity contribution < 1.29 is 199 Å². The van der Waals surface area contributed by atoms with Crippen LogP contribution in [0.3, 0.4) is 0 Å². The Morgan fingerprint density at radius 2 is 0.489 bits per heavy atom. The third kappa shape index (κ3) is 16.2. The van der Waals surface area contributed by atoms with Gasteiger partial charge in [0.05, 0.1) is 59.0 Å². The van der Waals surface area contributed by atoms with Crippen molar-refractivity contribution in [3.8, 4) is 0 Å². The maximum Gasteiger partial charge on any atom is 0.187 e. The summed E-state index contributed by atoms with van der Waals surface area (Å²) in [6.07, 6.45) is -77.4. The van der Waals surface area contributed by atoms with Crippen LogP contribution in [0, 0.1) is 0 Å². The minimum absolute atomic E-state index is 0.0127. The van der Waals surface area contributed by atoms with Crippen molar-refractivity contribution in [1.29, 1.82) is 0 Å². The lowest BCUT2D eigenvalue weighted by atomic mass is 9.91.